The van der Waals surface area contributed by atoms with E-state index in [0.29, 0.717) is 13.2 Å². The molecule has 0 aromatic rings. The monoisotopic (exact) mass is 289 g/mol. The first kappa shape index (κ1) is 17.0. The van der Waals surface area contributed by atoms with Crippen LogP contribution in [0.1, 0.15) is 19.8 Å². The molecular formula is C13H23NO6. The van der Waals surface area contributed by atoms with Crippen molar-refractivity contribution in [2.45, 2.75) is 31.8 Å². The zero-order valence-corrected chi connectivity index (χ0v) is 12.3. The molecule has 1 aliphatic rings. The highest BCUT2D eigenvalue weighted by Gasteiger charge is 2.38. The SMILES string of the molecule is COCOC[C@H]1CC[C@H](COCOC)N1C(=O)C(C)=O. The fraction of sp³-hybridized carbons (Fsp3) is 0.846. The molecule has 0 aromatic heterocycles. The highest BCUT2D eigenvalue weighted by molar-refractivity contribution is 6.35. The number of amides is 1. The lowest BCUT2D eigenvalue weighted by atomic mass is 10.2. The second kappa shape index (κ2) is 9.02. The maximum atomic E-state index is 12.0. The van der Waals surface area contributed by atoms with Gasteiger partial charge in [-0.3, -0.25) is 9.59 Å². The molecule has 0 radical (unpaired) electrons. The Morgan fingerprint density at radius 2 is 1.45 bits per heavy atom. The van der Waals surface area contributed by atoms with Crippen molar-refractivity contribution in [1.82, 2.24) is 4.90 Å². The Kier molecular flexibility index (Phi) is 7.68. The minimum Gasteiger partial charge on any atom is -0.359 e. The zero-order valence-electron chi connectivity index (χ0n) is 12.3. The summed E-state index contributed by atoms with van der Waals surface area (Å²) < 4.78 is 20.3. The highest BCUT2D eigenvalue weighted by Crippen LogP contribution is 2.25. The fourth-order valence-electron chi connectivity index (χ4n) is 2.34. The number of hydrogen-bond donors (Lipinski definition) is 0. The van der Waals surface area contributed by atoms with Gasteiger partial charge in [0.15, 0.2) is 0 Å². The molecule has 1 fully saturated rings. The van der Waals surface area contributed by atoms with Crippen LogP contribution in [0.3, 0.4) is 0 Å². The third kappa shape index (κ3) is 4.82. The summed E-state index contributed by atoms with van der Waals surface area (Å²) >= 11 is 0. The number of ketones is 1. The van der Waals surface area contributed by atoms with Gasteiger partial charge in [0, 0.05) is 21.1 Å². The number of methoxy groups -OCH3 is 2. The van der Waals surface area contributed by atoms with E-state index in [-0.39, 0.29) is 25.7 Å². The Balaban J connectivity index is 2.61. The van der Waals surface area contributed by atoms with Gasteiger partial charge < -0.3 is 23.8 Å². The molecule has 1 rings (SSSR count). The van der Waals surface area contributed by atoms with Gasteiger partial charge in [-0.05, 0) is 12.8 Å². The maximum absolute atomic E-state index is 12.0. The summed E-state index contributed by atoms with van der Waals surface area (Å²) in [6, 6.07) is -0.226. The molecule has 1 aliphatic heterocycles. The smallest absolute Gasteiger partial charge is 0.290 e. The van der Waals surface area contributed by atoms with E-state index in [0.717, 1.165) is 12.8 Å². The molecule has 0 saturated carbocycles. The Bertz CT molecular complexity index is 304. The van der Waals surface area contributed by atoms with Crippen LogP contribution in [0.5, 0.6) is 0 Å². The molecule has 0 aromatic carbocycles. The van der Waals surface area contributed by atoms with Crippen LogP contribution in [-0.2, 0) is 28.5 Å². The third-order valence-electron chi connectivity index (χ3n) is 3.18. The van der Waals surface area contributed by atoms with E-state index in [1.807, 2.05) is 0 Å². The largest absolute Gasteiger partial charge is 0.359 e. The van der Waals surface area contributed by atoms with E-state index in [4.69, 9.17) is 18.9 Å². The van der Waals surface area contributed by atoms with Gasteiger partial charge in [-0.1, -0.05) is 0 Å². The second-order valence-electron chi connectivity index (χ2n) is 4.71. The van der Waals surface area contributed by atoms with Crippen LogP contribution in [-0.4, -0.2) is 69.7 Å². The van der Waals surface area contributed by atoms with E-state index < -0.39 is 11.7 Å². The summed E-state index contributed by atoms with van der Waals surface area (Å²) in [5.41, 5.74) is 0. The van der Waals surface area contributed by atoms with Crippen molar-refractivity contribution in [3.8, 4) is 0 Å². The average molecular weight is 289 g/mol. The van der Waals surface area contributed by atoms with E-state index in [9.17, 15) is 9.59 Å². The molecule has 1 saturated heterocycles. The molecule has 0 unspecified atom stereocenters. The number of nitrogens with zero attached hydrogens (tertiary/aromatic N) is 1. The average Bonchev–Trinajstić information content (AvgIpc) is 2.81. The predicted octanol–water partition coefficient (Wildman–Crippen LogP) is 0.176. The third-order valence-corrected chi connectivity index (χ3v) is 3.18. The summed E-state index contributed by atoms with van der Waals surface area (Å²) in [5.74, 6) is -0.958. The fourth-order valence-corrected chi connectivity index (χ4v) is 2.34. The lowest BCUT2D eigenvalue weighted by molar-refractivity contribution is -0.149. The van der Waals surface area contributed by atoms with Crippen LogP contribution in [0, 0.1) is 0 Å². The van der Waals surface area contributed by atoms with Gasteiger partial charge in [0.1, 0.15) is 13.6 Å². The number of likely N-dealkylation sites (tertiary alicyclic amines) is 1. The first-order chi connectivity index (χ1) is 9.61. The Morgan fingerprint density at radius 1 is 1.00 bits per heavy atom. The molecule has 1 heterocycles. The molecule has 0 N–H and O–H groups in total. The molecule has 0 spiro atoms. The maximum Gasteiger partial charge on any atom is 0.290 e. The van der Waals surface area contributed by atoms with Crippen molar-refractivity contribution in [2.24, 2.45) is 0 Å². The normalized spacial score (nSPS) is 22.2. The number of Topliss-reactive ketones (excluding diaryl/α,β-unsaturated/α-hetero) is 1. The van der Waals surface area contributed by atoms with E-state index >= 15 is 0 Å². The van der Waals surface area contributed by atoms with Gasteiger partial charge in [-0.2, -0.15) is 0 Å². The lowest BCUT2D eigenvalue weighted by Gasteiger charge is -2.29. The summed E-state index contributed by atoms with van der Waals surface area (Å²) in [4.78, 5) is 25.0. The van der Waals surface area contributed by atoms with Gasteiger partial charge in [0.2, 0.25) is 5.78 Å². The first-order valence-corrected chi connectivity index (χ1v) is 6.58. The Hall–Kier alpha value is -1.02. The number of ether oxygens (including phenoxy) is 4. The Morgan fingerprint density at radius 3 is 1.80 bits per heavy atom. The molecule has 2 atom stereocenters. The summed E-state index contributed by atoms with van der Waals surface area (Å²) in [7, 11) is 3.07. The number of carbonyl (C=O) groups excluding carboxylic acids is 2. The minimum absolute atomic E-state index is 0.113. The van der Waals surface area contributed by atoms with E-state index in [2.05, 4.69) is 0 Å². The van der Waals surface area contributed by atoms with Gasteiger partial charge in [0.25, 0.3) is 5.91 Å². The van der Waals surface area contributed by atoms with Crippen molar-refractivity contribution in [3.63, 3.8) is 0 Å². The molecule has 20 heavy (non-hydrogen) atoms. The van der Waals surface area contributed by atoms with Gasteiger partial charge in [-0.15, -0.1) is 0 Å². The van der Waals surface area contributed by atoms with E-state index in [1.54, 1.807) is 4.90 Å². The molecular weight excluding hydrogens is 266 g/mol. The van der Waals surface area contributed by atoms with Crippen molar-refractivity contribution in [1.29, 1.82) is 0 Å². The quantitative estimate of drug-likeness (QED) is 0.342. The Labute approximate surface area is 119 Å². The second-order valence-corrected chi connectivity index (χ2v) is 4.71. The van der Waals surface area contributed by atoms with E-state index in [1.165, 1.54) is 21.1 Å². The molecule has 1 amide bonds. The van der Waals surface area contributed by atoms with Crippen LogP contribution >= 0.6 is 0 Å². The molecule has 7 nitrogen and oxygen atoms in total. The zero-order chi connectivity index (χ0) is 15.0. The molecule has 116 valence electrons. The first-order valence-electron chi connectivity index (χ1n) is 6.58. The van der Waals surface area contributed by atoms with Crippen LogP contribution < -0.4 is 0 Å². The minimum atomic E-state index is -0.487. The van der Waals surface area contributed by atoms with Crippen molar-refractivity contribution in [2.75, 3.05) is 41.0 Å². The topological polar surface area (TPSA) is 74.3 Å². The molecule has 7 heteroatoms. The van der Waals surface area contributed by atoms with Crippen molar-refractivity contribution >= 4 is 11.7 Å². The predicted molar refractivity (Wildman–Crippen MR) is 70.0 cm³/mol. The highest BCUT2D eigenvalue weighted by atomic mass is 16.7. The molecule has 0 bridgehead atoms. The van der Waals surface area contributed by atoms with Gasteiger partial charge >= 0.3 is 0 Å². The molecule has 0 aliphatic carbocycles. The summed E-state index contributed by atoms with van der Waals surface area (Å²) in [5, 5.41) is 0. The standard InChI is InChI=1S/C13H23NO6/c1-10(15)13(16)14-11(6-19-8-17-2)4-5-12(14)7-20-9-18-3/h11-12H,4-9H2,1-3H3/t11-,12-/m1/s1. The van der Waals surface area contributed by atoms with Crippen LogP contribution in [0.15, 0.2) is 0 Å². The lowest BCUT2D eigenvalue weighted by Crippen LogP contribution is -2.47. The summed E-state index contributed by atoms with van der Waals surface area (Å²) in [6.07, 6.45) is 1.56. The van der Waals surface area contributed by atoms with Gasteiger partial charge in [-0.25, -0.2) is 0 Å². The number of hydrogen-bond acceptors (Lipinski definition) is 6. The number of rotatable bonds is 9. The van der Waals surface area contributed by atoms with Crippen molar-refractivity contribution < 1.29 is 28.5 Å². The van der Waals surface area contributed by atoms with Crippen LogP contribution in [0.25, 0.3) is 0 Å². The van der Waals surface area contributed by atoms with Crippen molar-refractivity contribution in [3.05, 3.63) is 0 Å². The number of carbonyl (C=O) groups is 2. The summed E-state index contributed by atoms with van der Waals surface area (Å²) in [6.45, 7) is 2.33. The van der Waals surface area contributed by atoms with Crippen LogP contribution in [0.4, 0.5) is 0 Å². The van der Waals surface area contributed by atoms with Gasteiger partial charge in [0.05, 0.1) is 25.3 Å². The van der Waals surface area contributed by atoms with Crippen LogP contribution in [0.2, 0.25) is 0 Å².